The van der Waals surface area contributed by atoms with E-state index in [9.17, 15) is 0 Å². The molecule has 1 unspecified atom stereocenters. The Morgan fingerprint density at radius 3 is 2.40 bits per heavy atom. The van der Waals surface area contributed by atoms with E-state index in [-0.39, 0.29) is 6.10 Å². The molecule has 112 valence electrons. The van der Waals surface area contributed by atoms with Crippen LogP contribution in [0.3, 0.4) is 0 Å². The molecule has 1 atom stereocenters. The number of ether oxygens (including phenoxy) is 2. The summed E-state index contributed by atoms with van der Waals surface area (Å²) in [6, 6.07) is 7.58. The van der Waals surface area contributed by atoms with Gasteiger partial charge in [-0.2, -0.15) is 0 Å². The van der Waals surface area contributed by atoms with E-state index in [1.54, 1.807) is 14.2 Å². The van der Waals surface area contributed by atoms with Crippen LogP contribution in [0.2, 0.25) is 0 Å². The highest BCUT2D eigenvalue weighted by Crippen LogP contribution is 2.17. The number of nitrogens with zero attached hydrogens (tertiary/aromatic N) is 1. The summed E-state index contributed by atoms with van der Waals surface area (Å²) >= 11 is 0. The molecule has 5 nitrogen and oxygen atoms in total. The second kappa shape index (κ2) is 9.07. The fourth-order valence-electron chi connectivity index (χ4n) is 1.63. The van der Waals surface area contributed by atoms with Gasteiger partial charge in [-0.3, -0.25) is 4.99 Å². The van der Waals surface area contributed by atoms with Crippen LogP contribution in [0.15, 0.2) is 29.3 Å². The molecule has 1 rings (SSSR count). The number of methoxy groups -OCH3 is 1. The zero-order valence-electron chi connectivity index (χ0n) is 12.8. The summed E-state index contributed by atoms with van der Waals surface area (Å²) in [5.74, 6) is 2.46. The van der Waals surface area contributed by atoms with Crippen molar-refractivity contribution < 1.29 is 9.47 Å². The molecular formula is C15H25N3O2. The summed E-state index contributed by atoms with van der Waals surface area (Å²) < 4.78 is 10.9. The summed E-state index contributed by atoms with van der Waals surface area (Å²) in [6.07, 6.45) is 1.11. The average molecular weight is 279 g/mol. The minimum absolute atomic E-state index is 0.0450. The largest absolute Gasteiger partial charge is 0.497 e. The van der Waals surface area contributed by atoms with Gasteiger partial charge in [-0.15, -0.1) is 0 Å². The Labute approximate surface area is 121 Å². The van der Waals surface area contributed by atoms with Gasteiger partial charge in [0.25, 0.3) is 0 Å². The van der Waals surface area contributed by atoms with Crippen LogP contribution in [0.4, 0.5) is 0 Å². The molecule has 0 aromatic heterocycles. The molecule has 20 heavy (non-hydrogen) atoms. The molecule has 0 aliphatic carbocycles. The maximum Gasteiger partial charge on any atom is 0.191 e. The first-order valence-electron chi connectivity index (χ1n) is 6.94. The van der Waals surface area contributed by atoms with E-state index in [0.29, 0.717) is 6.54 Å². The molecule has 0 spiro atoms. The minimum Gasteiger partial charge on any atom is -0.497 e. The maximum atomic E-state index is 5.81. The predicted molar refractivity (Wildman–Crippen MR) is 82.7 cm³/mol. The van der Waals surface area contributed by atoms with E-state index in [0.717, 1.165) is 30.4 Å². The van der Waals surface area contributed by atoms with E-state index in [1.807, 2.05) is 31.2 Å². The highest BCUT2D eigenvalue weighted by molar-refractivity contribution is 5.79. The Kier molecular flexibility index (Phi) is 7.32. The fraction of sp³-hybridized carbons (Fsp3) is 0.533. The Morgan fingerprint density at radius 1 is 1.20 bits per heavy atom. The third kappa shape index (κ3) is 5.82. The van der Waals surface area contributed by atoms with Crippen LogP contribution in [-0.4, -0.2) is 39.3 Å². The third-order valence-corrected chi connectivity index (χ3v) is 2.72. The van der Waals surface area contributed by atoms with Crippen molar-refractivity contribution in [2.45, 2.75) is 26.4 Å². The van der Waals surface area contributed by atoms with E-state index in [4.69, 9.17) is 9.47 Å². The number of hydrogen-bond donors (Lipinski definition) is 2. The van der Waals surface area contributed by atoms with Crippen LogP contribution >= 0.6 is 0 Å². The molecule has 0 heterocycles. The first-order valence-corrected chi connectivity index (χ1v) is 6.94. The van der Waals surface area contributed by atoms with Crippen LogP contribution in [0, 0.1) is 0 Å². The SMILES string of the molecule is CCCNC(=NC)NCC(C)Oc1ccc(OC)cc1. The van der Waals surface area contributed by atoms with Gasteiger partial charge >= 0.3 is 0 Å². The molecule has 0 saturated heterocycles. The lowest BCUT2D eigenvalue weighted by Gasteiger charge is -2.17. The van der Waals surface area contributed by atoms with Gasteiger partial charge in [0.2, 0.25) is 0 Å². The zero-order valence-corrected chi connectivity index (χ0v) is 12.8. The molecule has 0 aliphatic heterocycles. The fourth-order valence-corrected chi connectivity index (χ4v) is 1.63. The first-order chi connectivity index (χ1) is 9.69. The van der Waals surface area contributed by atoms with Crippen LogP contribution in [0.5, 0.6) is 11.5 Å². The van der Waals surface area contributed by atoms with Crippen LogP contribution in [0.1, 0.15) is 20.3 Å². The normalized spacial score (nSPS) is 12.7. The molecule has 0 amide bonds. The average Bonchev–Trinajstić information content (AvgIpc) is 2.48. The van der Waals surface area contributed by atoms with Crippen molar-refractivity contribution in [3.8, 4) is 11.5 Å². The second-order valence-electron chi connectivity index (χ2n) is 4.48. The Bertz CT molecular complexity index is 404. The van der Waals surface area contributed by atoms with Crippen molar-refractivity contribution >= 4 is 5.96 Å². The topological polar surface area (TPSA) is 54.9 Å². The van der Waals surface area contributed by atoms with Gasteiger partial charge in [0.15, 0.2) is 5.96 Å². The van der Waals surface area contributed by atoms with E-state index >= 15 is 0 Å². The van der Waals surface area contributed by atoms with Gasteiger partial charge in [0, 0.05) is 13.6 Å². The molecule has 0 bridgehead atoms. The molecule has 0 saturated carbocycles. The van der Waals surface area contributed by atoms with Gasteiger partial charge in [0.1, 0.15) is 17.6 Å². The Balaban J connectivity index is 2.36. The highest BCUT2D eigenvalue weighted by atomic mass is 16.5. The molecule has 5 heteroatoms. The number of hydrogen-bond acceptors (Lipinski definition) is 3. The lowest BCUT2D eigenvalue weighted by Crippen LogP contribution is -2.42. The van der Waals surface area contributed by atoms with E-state index < -0.39 is 0 Å². The van der Waals surface area contributed by atoms with Gasteiger partial charge in [0.05, 0.1) is 13.7 Å². The van der Waals surface area contributed by atoms with Crippen molar-refractivity contribution in [1.29, 1.82) is 0 Å². The maximum absolute atomic E-state index is 5.81. The zero-order chi connectivity index (χ0) is 14.8. The van der Waals surface area contributed by atoms with Crippen molar-refractivity contribution in [3.05, 3.63) is 24.3 Å². The molecule has 0 aliphatic rings. The second-order valence-corrected chi connectivity index (χ2v) is 4.48. The van der Waals surface area contributed by atoms with Crippen LogP contribution < -0.4 is 20.1 Å². The van der Waals surface area contributed by atoms with Crippen molar-refractivity contribution in [1.82, 2.24) is 10.6 Å². The minimum atomic E-state index is 0.0450. The lowest BCUT2D eigenvalue weighted by atomic mass is 10.3. The van der Waals surface area contributed by atoms with Gasteiger partial charge in [-0.1, -0.05) is 6.92 Å². The highest BCUT2D eigenvalue weighted by Gasteiger charge is 2.05. The molecule has 1 aromatic rings. The quantitative estimate of drug-likeness (QED) is 0.592. The molecular weight excluding hydrogens is 254 g/mol. The van der Waals surface area contributed by atoms with Crippen LogP contribution in [0.25, 0.3) is 0 Å². The Hall–Kier alpha value is -1.91. The van der Waals surface area contributed by atoms with E-state index in [1.165, 1.54) is 0 Å². The Morgan fingerprint density at radius 2 is 1.85 bits per heavy atom. The summed E-state index contributed by atoms with van der Waals surface area (Å²) in [6.45, 7) is 5.74. The number of rotatable bonds is 7. The first kappa shape index (κ1) is 16.1. The predicted octanol–water partition coefficient (Wildman–Crippen LogP) is 2.04. The van der Waals surface area contributed by atoms with Crippen molar-refractivity contribution in [3.63, 3.8) is 0 Å². The summed E-state index contributed by atoms with van der Waals surface area (Å²) in [5, 5.41) is 6.46. The number of guanidine groups is 1. The summed E-state index contributed by atoms with van der Waals surface area (Å²) in [4.78, 5) is 4.15. The summed E-state index contributed by atoms with van der Waals surface area (Å²) in [7, 11) is 3.41. The van der Waals surface area contributed by atoms with Crippen LogP contribution in [-0.2, 0) is 0 Å². The standard InChI is InChI=1S/C15H25N3O2/c1-5-10-17-15(16-3)18-11-12(2)20-14-8-6-13(19-4)7-9-14/h6-9,12H,5,10-11H2,1-4H3,(H2,16,17,18). The smallest absolute Gasteiger partial charge is 0.191 e. The van der Waals surface area contributed by atoms with Gasteiger partial charge in [-0.05, 0) is 37.6 Å². The van der Waals surface area contributed by atoms with E-state index in [2.05, 4.69) is 22.5 Å². The van der Waals surface area contributed by atoms with Crippen molar-refractivity contribution in [2.75, 3.05) is 27.2 Å². The molecule has 0 fully saturated rings. The number of benzene rings is 1. The lowest BCUT2D eigenvalue weighted by molar-refractivity contribution is 0.223. The number of nitrogens with one attached hydrogen (secondary N) is 2. The van der Waals surface area contributed by atoms with Gasteiger partial charge in [-0.25, -0.2) is 0 Å². The third-order valence-electron chi connectivity index (χ3n) is 2.72. The summed E-state index contributed by atoms with van der Waals surface area (Å²) in [5.41, 5.74) is 0. The number of aliphatic imine (C=N–C) groups is 1. The van der Waals surface area contributed by atoms with Crippen molar-refractivity contribution in [2.24, 2.45) is 4.99 Å². The molecule has 1 aromatic carbocycles. The monoisotopic (exact) mass is 279 g/mol. The molecule has 2 N–H and O–H groups in total. The van der Waals surface area contributed by atoms with Gasteiger partial charge < -0.3 is 20.1 Å². The molecule has 0 radical (unpaired) electrons.